The van der Waals surface area contributed by atoms with Crippen molar-refractivity contribution in [2.75, 3.05) is 0 Å². The molecule has 13 heavy (non-hydrogen) atoms. The molecule has 0 spiro atoms. The molecule has 0 saturated heterocycles. The van der Waals surface area contributed by atoms with Gasteiger partial charge < -0.3 is 9.66 Å². The maximum Gasteiger partial charge on any atom is 0.193 e. The van der Waals surface area contributed by atoms with Crippen LogP contribution in [0.1, 0.15) is 13.3 Å². The highest BCUT2D eigenvalue weighted by Crippen LogP contribution is 2.22. The smallest absolute Gasteiger partial charge is 0.193 e. The van der Waals surface area contributed by atoms with Crippen molar-refractivity contribution >= 4 is 22.8 Å². The molecule has 0 bridgehead atoms. The summed E-state index contributed by atoms with van der Waals surface area (Å²) in [6.45, 7) is 1.88. The fourth-order valence-electron chi connectivity index (χ4n) is 0.879. The molecular weight excluding hydrogens is 208 g/mol. The summed E-state index contributed by atoms with van der Waals surface area (Å²) < 4.78 is 11.2. The van der Waals surface area contributed by atoms with Gasteiger partial charge in [-0.25, -0.2) is 0 Å². The van der Waals surface area contributed by atoms with Gasteiger partial charge in [0.2, 0.25) is 0 Å². The molecule has 2 atom stereocenters. The predicted molar refractivity (Wildman–Crippen MR) is 54.4 cm³/mol. The van der Waals surface area contributed by atoms with E-state index in [0.717, 1.165) is 0 Å². The molecule has 4 heteroatoms. The Hall–Kier alpha value is -0.380. The molecule has 1 rings (SSSR count). The zero-order chi connectivity index (χ0) is 9.84. The van der Waals surface area contributed by atoms with Crippen molar-refractivity contribution in [2.24, 2.45) is 0 Å². The van der Waals surface area contributed by atoms with Crippen LogP contribution < -0.4 is 0 Å². The van der Waals surface area contributed by atoms with Crippen LogP contribution in [0, 0.1) is 0 Å². The Morgan fingerprint density at radius 2 is 2.00 bits per heavy atom. The van der Waals surface area contributed by atoms with E-state index in [1.807, 2.05) is 6.92 Å². The van der Waals surface area contributed by atoms with Crippen molar-refractivity contribution in [3.05, 3.63) is 24.3 Å². The second kappa shape index (κ2) is 4.74. The fraction of sp³-hybridized carbons (Fsp3) is 0.333. The van der Waals surface area contributed by atoms with Crippen molar-refractivity contribution < 1.29 is 9.66 Å². The molecule has 0 radical (unpaired) electrons. The van der Waals surface area contributed by atoms with Crippen LogP contribution in [-0.4, -0.2) is 14.4 Å². The highest BCUT2D eigenvalue weighted by Gasteiger charge is 2.19. The summed E-state index contributed by atoms with van der Waals surface area (Å²) in [5, 5.41) is 9.00. The van der Waals surface area contributed by atoms with E-state index in [-0.39, 0.29) is 10.5 Å². The van der Waals surface area contributed by atoms with Crippen molar-refractivity contribution in [3.8, 4) is 5.75 Å². The van der Waals surface area contributed by atoms with Gasteiger partial charge in [-0.3, -0.25) is 0 Å². The molecule has 1 N–H and O–H groups in total. The third-order valence-corrected chi connectivity index (χ3v) is 3.95. The normalized spacial score (nSPS) is 15.3. The van der Waals surface area contributed by atoms with E-state index >= 15 is 0 Å². The first-order valence-corrected chi connectivity index (χ1v) is 5.63. The van der Waals surface area contributed by atoms with Crippen molar-refractivity contribution in [1.29, 1.82) is 0 Å². The average Bonchev–Trinajstić information content (AvgIpc) is 2.17. The third-order valence-electron chi connectivity index (χ3n) is 1.62. The van der Waals surface area contributed by atoms with Crippen molar-refractivity contribution in [2.45, 2.75) is 22.9 Å². The molecule has 0 fully saturated rings. The van der Waals surface area contributed by atoms with Gasteiger partial charge in [-0.15, -0.1) is 0 Å². The Balaban J connectivity index is 2.77. The van der Waals surface area contributed by atoms with Gasteiger partial charge in [0.05, 0.1) is 0 Å². The van der Waals surface area contributed by atoms with E-state index in [4.69, 9.17) is 16.7 Å². The van der Waals surface area contributed by atoms with Gasteiger partial charge in [0.25, 0.3) is 0 Å². The van der Waals surface area contributed by atoms with Gasteiger partial charge >= 0.3 is 0 Å². The lowest BCUT2D eigenvalue weighted by Gasteiger charge is -2.13. The molecule has 0 aliphatic rings. The topological polar surface area (TPSA) is 43.3 Å². The van der Waals surface area contributed by atoms with Gasteiger partial charge in [0, 0.05) is 17.6 Å². The largest absolute Gasteiger partial charge is 0.610 e. The molecule has 1 aromatic carbocycles. The summed E-state index contributed by atoms with van der Waals surface area (Å²) in [6.07, 6.45) is 0.662. The minimum Gasteiger partial charge on any atom is -0.610 e. The van der Waals surface area contributed by atoms with E-state index in [1.54, 1.807) is 12.1 Å². The van der Waals surface area contributed by atoms with Crippen LogP contribution in [0.2, 0.25) is 0 Å². The average molecular weight is 219 g/mol. The molecule has 0 heterocycles. The lowest BCUT2D eigenvalue weighted by Crippen LogP contribution is -2.14. The van der Waals surface area contributed by atoms with Crippen LogP contribution in [0.25, 0.3) is 0 Å². The molecule has 72 valence electrons. The Labute approximate surface area is 85.7 Å². The highest BCUT2D eigenvalue weighted by atomic mass is 35.5. The number of benzene rings is 1. The Morgan fingerprint density at radius 1 is 1.46 bits per heavy atom. The number of halogens is 1. The van der Waals surface area contributed by atoms with E-state index in [1.165, 1.54) is 12.1 Å². The van der Waals surface area contributed by atoms with Gasteiger partial charge in [-0.05, 0) is 24.3 Å². The van der Waals surface area contributed by atoms with Crippen molar-refractivity contribution in [3.63, 3.8) is 0 Å². The van der Waals surface area contributed by atoms with E-state index < -0.39 is 11.2 Å². The molecule has 0 aliphatic carbocycles. The summed E-state index contributed by atoms with van der Waals surface area (Å²) in [7, 11) is 0. The van der Waals surface area contributed by atoms with Gasteiger partial charge in [-0.1, -0.05) is 18.5 Å². The predicted octanol–water partition coefficient (Wildman–Crippen LogP) is 2.47. The first-order valence-electron chi connectivity index (χ1n) is 3.99. The van der Waals surface area contributed by atoms with Crippen LogP contribution in [0.4, 0.5) is 0 Å². The molecule has 2 nitrogen and oxygen atoms in total. The Morgan fingerprint density at radius 3 is 2.46 bits per heavy atom. The molecular formula is C9H11ClO2S. The lowest BCUT2D eigenvalue weighted by atomic mass is 10.3. The minimum atomic E-state index is -1.18. The number of phenolic OH excluding ortho intramolecular Hbond substituents is 1. The van der Waals surface area contributed by atoms with Crippen LogP contribution in [0.15, 0.2) is 29.2 Å². The molecule has 1 aromatic rings. The summed E-state index contributed by atoms with van der Waals surface area (Å²) in [6, 6.07) is 6.26. The fourth-order valence-corrected chi connectivity index (χ4v) is 2.19. The maximum absolute atomic E-state index is 11.6. The van der Waals surface area contributed by atoms with E-state index in [0.29, 0.717) is 11.3 Å². The first-order chi connectivity index (χ1) is 6.15. The summed E-state index contributed by atoms with van der Waals surface area (Å²) in [4.78, 5) is 0.652. The van der Waals surface area contributed by atoms with Crippen LogP contribution >= 0.6 is 11.6 Å². The summed E-state index contributed by atoms with van der Waals surface area (Å²) in [5.41, 5.74) is 0. The van der Waals surface area contributed by atoms with E-state index in [2.05, 4.69) is 0 Å². The molecule has 2 unspecified atom stereocenters. The monoisotopic (exact) mass is 218 g/mol. The Kier molecular flexibility index (Phi) is 3.90. The van der Waals surface area contributed by atoms with Gasteiger partial charge in [-0.2, -0.15) is 0 Å². The van der Waals surface area contributed by atoms with Crippen LogP contribution in [-0.2, 0) is 11.2 Å². The van der Waals surface area contributed by atoms with Crippen LogP contribution in [0.3, 0.4) is 0 Å². The minimum absolute atomic E-state index is 0.170. The zero-order valence-corrected chi connectivity index (χ0v) is 8.81. The molecule has 0 aliphatic heterocycles. The maximum atomic E-state index is 11.6. The van der Waals surface area contributed by atoms with Gasteiger partial charge in [0.15, 0.2) is 9.60 Å². The number of rotatable bonds is 3. The summed E-state index contributed by atoms with van der Waals surface area (Å²) in [5.74, 6) is 0.170. The molecule has 0 aromatic heterocycles. The SMILES string of the molecule is CCC(Cl)[S+]([O-])c1ccc(O)cc1. The Bertz CT molecular complexity index is 263. The number of phenols is 1. The third kappa shape index (κ3) is 2.79. The number of hydrogen-bond donors (Lipinski definition) is 1. The number of hydrogen-bond acceptors (Lipinski definition) is 2. The molecule has 0 saturated carbocycles. The number of alkyl halides is 1. The molecule has 0 amide bonds. The standard InChI is InChI=1S/C9H11ClO2S/c1-2-9(10)13(12)8-5-3-7(11)4-6-8/h3-6,9,11H,2H2,1H3. The quantitative estimate of drug-likeness (QED) is 0.626. The lowest BCUT2D eigenvalue weighted by molar-refractivity contribution is 0.474. The second-order valence-electron chi connectivity index (χ2n) is 2.61. The van der Waals surface area contributed by atoms with Crippen molar-refractivity contribution in [1.82, 2.24) is 0 Å². The first kappa shape index (κ1) is 10.7. The zero-order valence-electron chi connectivity index (χ0n) is 7.24. The van der Waals surface area contributed by atoms with Crippen LogP contribution in [0.5, 0.6) is 5.75 Å². The summed E-state index contributed by atoms with van der Waals surface area (Å²) >= 11 is 4.65. The highest BCUT2D eigenvalue weighted by molar-refractivity contribution is 7.93. The second-order valence-corrected chi connectivity index (χ2v) is 5.03. The number of aromatic hydroxyl groups is 1. The van der Waals surface area contributed by atoms with Gasteiger partial charge in [0.1, 0.15) is 5.75 Å². The van der Waals surface area contributed by atoms with E-state index in [9.17, 15) is 4.55 Å².